The van der Waals surface area contributed by atoms with E-state index in [0.717, 1.165) is 11.3 Å². The zero-order valence-corrected chi connectivity index (χ0v) is 11.0. The Morgan fingerprint density at radius 1 is 1.20 bits per heavy atom. The molecule has 7 heteroatoms. The van der Waals surface area contributed by atoms with E-state index in [1.54, 1.807) is 18.2 Å². The Hall–Kier alpha value is -2.02. The topological polar surface area (TPSA) is 35.5 Å². The van der Waals surface area contributed by atoms with Gasteiger partial charge < -0.3 is 9.47 Å². The summed E-state index contributed by atoms with van der Waals surface area (Å²) in [4.78, 5) is 12.4. The van der Waals surface area contributed by atoms with Crippen molar-refractivity contribution in [2.24, 2.45) is 0 Å². The molecular formula is C13H9F3O3S. The first-order chi connectivity index (χ1) is 9.39. The van der Waals surface area contributed by atoms with Crippen molar-refractivity contribution in [3.63, 3.8) is 0 Å². The summed E-state index contributed by atoms with van der Waals surface area (Å²) in [5.74, 6) is -0.785. The fraction of sp³-hybridized carbons (Fsp3) is 0.154. The van der Waals surface area contributed by atoms with Crippen LogP contribution in [0.3, 0.4) is 0 Å². The van der Waals surface area contributed by atoms with E-state index < -0.39 is 12.3 Å². The molecule has 0 radical (unpaired) electrons. The maximum absolute atomic E-state index is 12.2. The lowest BCUT2D eigenvalue weighted by Gasteiger charge is -2.09. The Bertz CT molecular complexity index is 619. The minimum atomic E-state index is -4.73. The van der Waals surface area contributed by atoms with Crippen LogP contribution in [-0.2, 0) is 4.74 Å². The van der Waals surface area contributed by atoms with E-state index in [2.05, 4.69) is 9.47 Å². The Labute approximate surface area is 116 Å². The number of methoxy groups -OCH3 is 1. The fourth-order valence-electron chi connectivity index (χ4n) is 1.55. The maximum Gasteiger partial charge on any atom is 0.573 e. The minimum Gasteiger partial charge on any atom is -0.465 e. The maximum atomic E-state index is 12.2. The average molecular weight is 302 g/mol. The first-order valence-corrected chi connectivity index (χ1v) is 6.25. The largest absolute Gasteiger partial charge is 0.573 e. The van der Waals surface area contributed by atoms with Crippen molar-refractivity contribution in [3.8, 4) is 16.2 Å². The Kier molecular flexibility index (Phi) is 3.99. The molecular weight excluding hydrogens is 293 g/mol. The Morgan fingerprint density at radius 3 is 2.60 bits per heavy atom. The molecule has 20 heavy (non-hydrogen) atoms. The van der Waals surface area contributed by atoms with Gasteiger partial charge in [-0.15, -0.1) is 24.5 Å². The van der Waals surface area contributed by atoms with Crippen molar-refractivity contribution in [2.75, 3.05) is 7.11 Å². The lowest BCUT2D eigenvalue weighted by molar-refractivity contribution is -0.274. The van der Waals surface area contributed by atoms with Crippen molar-refractivity contribution in [2.45, 2.75) is 6.36 Å². The van der Waals surface area contributed by atoms with Crippen molar-refractivity contribution in [3.05, 3.63) is 41.3 Å². The quantitative estimate of drug-likeness (QED) is 0.801. The summed E-state index contributed by atoms with van der Waals surface area (Å²) in [6.45, 7) is 0. The molecule has 0 saturated carbocycles. The van der Waals surface area contributed by atoms with Gasteiger partial charge in [0, 0.05) is 4.88 Å². The highest BCUT2D eigenvalue weighted by Gasteiger charge is 2.31. The van der Waals surface area contributed by atoms with Crippen LogP contribution in [0.5, 0.6) is 5.75 Å². The van der Waals surface area contributed by atoms with Gasteiger partial charge in [0.1, 0.15) is 10.6 Å². The summed E-state index contributed by atoms with van der Waals surface area (Å²) < 4.78 is 44.9. The second-order valence-corrected chi connectivity index (χ2v) is 4.81. The lowest BCUT2D eigenvalue weighted by Crippen LogP contribution is -2.17. The molecule has 1 aromatic carbocycles. The van der Waals surface area contributed by atoms with Gasteiger partial charge >= 0.3 is 12.3 Å². The van der Waals surface area contributed by atoms with E-state index in [1.165, 1.54) is 25.3 Å². The molecule has 3 nitrogen and oxygen atoms in total. The molecule has 0 aliphatic carbocycles. The average Bonchev–Trinajstić information content (AvgIpc) is 2.85. The Morgan fingerprint density at radius 2 is 1.95 bits per heavy atom. The van der Waals surface area contributed by atoms with Crippen molar-refractivity contribution >= 4 is 17.3 Å². The number of thiophene rings is 1. The molecule has 0 spiro atoms. The first-order valence-electron chi connectivity index (χ1n) is 5.43. The zero-order valence-electron chi connectivity index (χ0n) is 10.2. The van der Waals surface area contributed by atoms with Crippen LogP contribution < -0.4 is 4.74 Å². The van der Waals surface area contributed by atoms with E-state index >= 15 is 0 Å². The molecule has 0 N–H and O–H groups in total. The molecule has 0 unspecified atom stereocenters. The highest BCUT2D eigenvalue weighted by molar-refractivity contribution is 7.17. The second-order valence-electron chi connectivity index (χ2n) is 3.73. The molecule has 106 valence electrons. The normalized spacial score (nSPS) is 11.2. The van der Waals surface area contributed by atoms with E-state index in [1.807, 2.05) is 0 Å². The number of rotatable bonds is 3. The lowest BCUT2D eigenvalue weighted by atomic mass is 10.2. The Balaban J connectivity index is 2.27. The van der Waals surface area contributed by atoms with Crippen molar-refractivity contribution in [1.29, 1.82) is 0 Å². The van der Waals surface area contributed by atoms with Gasteiger partial charge in [-0.2, -0.15) is 0 Å². The molecule has 0 aliphatic rings. The van der Waals surface area contributed by atoms with Gasteiger partial charge in [-0.05, 0) is 29.8 Å². The van der Waals surface area contributed by atoms with Crippen LogP contribution in [0.15, 0.2) is 36.4 Å². The third-order valence-corrected chi connectivity index (χ3v) is 3.46. The molecule has 2 rings (SSSR count). The van der Waals surface area contributed by atoms with Crippen molar-refractivity contribution < 1.29 is 27.4 Å². The summed E-state index contributed by atoms with van der Waals surface area (Å²) in [6.07, 6.45) is -4.73. The first kappa shape index (κ1) is 14.4. The van der Waals surface area contributed by atoms with Gasteiger partial charge in [-0.1, -0.05) is 12.1 Å². The highest BCUT2D eigenvalue weighted by Crippen LogP contribution is 2.32. The number of esters is 1. The SMILES string of the molecule is COC(=O)c1ccc(-c2cccc(OC(F)(F)F)c2)s1. The minimum absolute atomic E-state index is 0.303. The molecule has 2 aromatic rings. The van der Waals surface area contributed by atoms with Crippen LogP contribution in [0.25, 0.3) is 10.4 Å². The predicted molar refractivity (Wildman–Crippen MR) is 67.8 cm³/mol. The van der Waals surface area contributed by atoms with Gasteiger partial charge in [-0.3, -0.25) is 0 Å². The van der Waals surface area contributed by atoms with E-state index in [4.69, 9.17) is 0 Å². The van der Waals surface area contributed by atoms with Gasteiger partial charge in [0.2, 0.25) is 0 Å². The molecule has 0 aliphatic heterocycles. The summed E-state index contributed by atoms with van der Waals surface area (Å²) in [5.41, 5.74) is 0.534. The van der Waals surface area contributed by atoms with Crippen LogP contribution in [0.4, 0.5) is 13.2 Å². The summed E-state index contributed by atoms with van der Waals surface area (Å²) in [6, 6.07) is 8.77. The van der Waals surface area contributed by atoms with Crippen LogP contribution in [0, 0.1) is 0 Å². The van der Waals surface area contributed by atoms with Gasteiger partial charge in [0.25, 0.3) is 0 Å². The van der Waals surface area contributed by atoms with Gasteiger partial charge in [0.15, 0.2) is 0 Å². The fourth-order valence-corrected chi connectivity index (χ4v) is 2.47. The number of benzene rings is 1. The molecule has 0 bridgehead atoms. The number of ether oxygens (including phenoxy) is 2. The summed E-state index contributed by atoms with van der Waals surface area (Å²) >= 11 is 1.13. The molecule has 0 atom stereocenters. The number of carbonyl (C=O) groups excluding carboxylic acids is 1. The number of hydrogen-bond acceptors (Lipinski definition) is 4. The monoisotopic (exact) mass is 302 g/mol. The van der Waals surface area contributed by atoms with E-state index in [9.17, 15) is 18.0 Å². The van der Waals surface area contributed by atoms with Crippen LogP contribution in [0.1, 0.15) is 9.67 Å². The third-order valence-electron chi connectivity index (χ3n) is 2.34. The van der Waals surface area contributed by atoms with Crippen LogP contribution in [0.2, 0.25) is 0 Å². The third kappa shape index (κ3) is 3.51. The van der Waals surface area contributed by atoms with Gasteiger partial charge in [0.05, 0.1) is 7.11 Å². The van der Waals surface area contributed by atoms with Gasteiger partial charge in [-0.25, -0.2) is 4.79 Å². The van der Waals surface area contributed by atoms with E-state index in [-0.39, 0.29) is 5.75 Å². The molecule has 0 saturated heterocycles. The smallest absolute Gasteiger partial charge is 0.465 e. The second kappa shape index (κ2) is 5.54. The standard InChI is InChI=1S/C13H9F3O3S/c1-18-12(17)11-6-5-10(20-11)8-3-2-4-9(7-8)19-13(14,15)16/h2-7H,1H3. The molecule has 0 amide bonds. The van der Waals surface area contributed by atoms with Crippen LogP contribution in [-0.4, -0.2) is 19.4 Å². The number of hydrogen-bond donors (Lipinski definition) is 0. The number of halogens is 3. The molecule has 1 heterocycles. The summed E-state index contributed by atoms with van der Waals surface area (Å²) in [5, 5.41) is 0. The number of alkyl halides is 3. The molecule has 1 aromatic heterocycles. The van der Waals surface area contributed by atoms with Crippen LogP contribution >= 0.6 is 11.3 Å². The summed E-state index contributed by atoms with van der Waals surface area (Å²) in [7, 11) is 1.26. The van der Waals surface area contributed by atoms with Crippen molar-refractivity contribution in [1.82, 2.24) is 0 Å². The zero-order chi connectivity index (χ0) is 14.8. The predicted octanol–water partition coefficient (Wildman–Crippen LogP) is 4.10. The number of carbonyl (C=O) groups is 1. The highest BCUT2D eigenvalue weighted by atomic mass is 32.1. The molecule has 0 fully saturated rings. The van der Waals surface area contributed by atoms with E-state index in [0.29, 0.717) is 15.3 Å².